The van der Waals surface area contributed by atoms with Gasteiger partial charge in [0.25, 0.3) is 5.69 Å². The Morgan fingerprint density at radius 1 is 1.21 bits per heavy atom. The summed E-state index contributed by atoms with van der Waals surface area (Å²) in [5, 5.41) is 12.7. The van der Waals surface area contributed by atoms with Crippen LogP contribution in [0.1, 0.15) is 17.3 Å². The molecule has 100 valence electrons. The molecule has 0 unspecified atom stereocenters. The third-order valence-electron chi connectivity index (χ3n) is 2.06. The van der Waals surface area contributed by atoms with Gasteiger partial charge in [0, 0.05) is 24.6 Å². The van der Waals surface area contributed by atoms with Crippen molar-refractivity contribution in [1.29, 1.82) is 0 Å². The zero-order valence-electron chi connectivity index (χ0n) is 9.65. The highest BCUT2D eigenvalue weighted by atomic mass is 35.5. The number of hydrogen-bond acceptors (Lipinski definition) is 4. The number of non-ortho nitro benzene ring substituents is 1. The minimum atomic E-state index is -0.634. The van der Waals surface area contributed by atoms with Crippen LogP contribution in [0.5, 0.6) is 0 Å². The van der Waals surface area contributed by atoms with Gasteiger partial charge in [0.15, 0.2) is 0 Å². The normalized spacial score (nSPS) is 9.63. The molecule has 0 heterocycles. The molecule has 0 atom stereocenters. The summed E-state index contributed by atoms with van der Waals surface area (Å²) in [6.45, 7) is 1.19. The van der Waals surface area contributed by atoms with Gasteiger partial charge >= 0.3 is 0 Å². The molecule has 0 saturated heterocycles. The number of benzene rings is 1. The first-order valence-electron chi connectivity index (χ1n) is 4.95. The van der Waals surface area contributed by atoms with Gasteiger partial charge in [-0.1, -0.05) is 23.2 Å². The van der Waals surface area contributed by atoms with Crippen LogP contribution in [0.3, 0.4) is 0 Å². The summed E-state index contributed by atoms with van der Waals surface area (Å²) >= 11 is 11.0. The van der Waals surface area contributed by atoms with Gasteiger partial charge < -0.3 is 5.32 Å². The minimum Gasteiger partial charge on any atom is -0.321 e. The summed E-state index contributed by atoms with van der Waals surface area (Å²) in [4.78, 5) is 32.8. The molecule has 0 saturated carbocycles. The maximum atomic E-state index is 12.0. The highest BCUT2D eigenvalue weighted by molar-refractivity contribution is 6.57. The van der Waals surface area contributed by atoms with Crippen LogP contribution in [0.25, 0.3) is 0 Å². The summed E-state index contributed by atoms with van der Waals surface area (Å²) in [6, 6.07) is 4.83. The molecule has 6 nitrogen and oxygen atoms in total. The first-order chi connectivity index (χ1) is 8.82. The Morgan fingerprint density at radius 3 is 2.11 bits per heavy atom. The monoisotopic (exact) mass is 302 g/mol. The van der Waals surface area contributed by atoms with Crippen LogP contribution in [0.4, 0.5) is 5.69 Å². The lowest BCUT2D eigenvalue weighted by molar-refractivity contribution is -0.384. The van der Waals surface area contributed by atoms with Crippen LogP contribution in [-0.2, 0) is 4.79 Å². The maximum Gasteiger partial charge on any atom is 0.269 e. The van der Waals surface area contributed by atoms with E-state index >= 15 is 0 Å². The second-order valence-electron chi connectivity index (χ2n) is 3.45. The van der Waals surface area contributed by atoms with E-state index in [1.165, 1.54) is 31.2 Å². The van der Waals surface area contributed by atoms with Crippen molar-refractivity contribution in [3.05, 3.63) is 50.1 Å². The van der Waals surface area contributed by atoms with E-state index < -0.39 is 21.1 Å². The number of rotatable bonds is 4. The van der Waals surface area contributed by atoms with Gasteiger partial charge in [-0.05, 0) is 12.1 Å². The van der Waals surface area contributed by atoms with E-state index in [1.54, 1.807) is 0 Å². The molecule has 19 heavy (non-hydrogen) atoms. The fraction of sp³-hybridized carbons (Fsp3) is 0.0909. The Labute approximate surface area is 118 Å². The summed E-state index contributed by atoms with van der Waals surface area (Å²) in [5.74, 6) is -1.14. The molecule has 0 aliphatic carbocycles. The number of carbonyl (C=O) groups excluding carboxylic acids is 2. The van der Waals surface area contributed by atoms with Gasteiger partial charge in [-0.2, -0.15) is 0 Å². The number of nitro benzene ring substituents is 1. The van der Waals surface area contributed by atoms with Gasteiger partial charge in [-0.3, -0.25) is 19.7 Å². The Morgan fingerprint density at radius 2 is 1.74 bits per heavy atom. The lowest BCUT2D eigenvalue weighted by atomic mass is 10.1. The number of Topliss-reactive ketones (excluding diaryl/α,β-unsaturated/α-hetero) is 1. The minimum absolute atomic E-state index is 0.119. The molecule has 1 rings (SSSR count). The average Bonchev–Trinajstić information content (AvgIpc) is 2.34. The highest BCUT2D eigenvalue weighted by Crippen LogP contribution is 2.19. The van der Waals surface area contributed by atoms with Crippen LogP contribution in [-0.4, -0.2) is 16.6 Å². The van der Waals surface area contributed by atoms with E-state index in [-0.39, 0.29) is 16.9 Å². The number of ketones is 1. The van der Waals surface area contributed by atoms with Gasteiger partial charge in [0.2, 0.25) is 11.7 Å². The number of nitrogens with one attached hydrogen (secondary N) is 1. The Balaban J connectivity index is 3.08. The predicted molar refractivity (Wildman–Crippen MR) is 70.0 cm³/mol. The number of hydrogen-bond donors (Lipinski definition) is 1. The van der Waals surface area contributed by atoms with Crippen molar-refractivity contribution in [1.82, 2.24) is 5.32 Å². The number of halogens is 2. The number of nitrogens with zero attached hydrogens (tertiary/aromatic N) is 1. The zero-order valence-corrected chi connectivity index (χ0v) is 11.2. The topological polar surface area (TPSA) is 89.3 Å². The molecule has 0 fully saturated rings. The highest BCUT2D eigenvalue weighted by Gasteiger charge is 2.18. The van der Waals surface area contributed by atoms with Crippen molar-refractivity contribution < 1.29 is 14.5 Å². The van der Waals surface area contributed by atoms with Crippen LogP contribution in [0.2, 0.25) is 0 Å². The molecule has 8 heteroatoms. The van der Waals surface area contributed by atoms with Gasteiger partial charge in [-0.15, -0.1) is 0 Å². The van der Waals surface area contributed by atoms with Gasteiger partial charge in [-0.25, -0.2) is 0 Å². The van der Waals surface area contributed by atoms with Crippen molar-refractivity contribution in [3.8, 4) is 0 Å². The third kappa shape index (κ3) is 4.04. The van der Waals surface area contributed by atoms with Crippen LogP contribution in [0.15, 0.2) is 34.5 Å². The van der Waals surface area contributed by atoms with Crippen LogP contribution >= 0.6 is 23.2 Å². The molecule has 1 aromatic rings. The molecule has 1 aromatic carbocycles. The Kier molecular flexibility index (Phi) is 5.02. The van der Waals surface area contributed by atoms with E-state index in [0.717, 1.165) is 0 Å². The van der Waals surface area contributed by atoms with Crippen LogP contribution < -0.4 is 5.32 Å². The summed E-state index contributed by atoms with van der Waals surface area (Å²) in [7, 11) is 0. The van der Waals surface area contributed by atoms with Gasteiger partial charge in [0.1, 0.15) is 10.2 Å². The molecule has 0 aromatic heterocycles. The second-order valence-corrected chi connectivity index (χ2v) is 4.40. The van der Waals surface area contributed by atoms with E-state index in [9.17, 15) is 19.7 Å². The standard InChI is InChI=1S/C11H8Cl2N2O4/c1-6(16)14-9(11(12)13)10(17)7-2-4-8(5-3-7)15(18)19/h2-5H,1H3,(H,14,16). The average molecular weight is 303 g/mol. The van der Waals surface area contributed by atoms with E-state index in [0.29, 0.717) is 0 Å². The SMILES string of the molecule is CC(=O)NC(C(=O)c1ccc([N+](=O)[O-])cc1)=C(Cl)Cl. The summed E-state index contributed by atoms with van der Waals surface area (Å²) in [6.07, 6.45) is 0. The second kappa shape index (κ2) is 6.31. The molecule has 0 radical (unpaired) electrons. The first-order valence-corrected chi connectivity index (χ1v) is 5.70. The summed E-state index contributed by atoms with van der Waals surface area (Å²) in [5.41, 5.74) is -0.309. The fourth-order valence-electron chi connectivity index (χ4n) is 1.24. The maximum absolute atomic E-state index is 12.0. The van der Waals surface area contributed by atoms with E-state index in [2.05, 4.69) is 5.32 Å². The molecular weight excluding hydrogens is 295 g/mol. The van der Waals surface area contributed by atoms with Crippen molar-refractivity contribution in [3.63, 3.8) is 0 Å². The Hall–Kier alpha value is -1.92. The molecule has 1 amide bonds. The molecule has 0 spiro atoms. The lowest BCUT2D eigenvalue weighted by Gasteiger charge is -2.07. The molecule has 0 bridgehead atoms. The largest absolute Gasteiger partial charge is 0.321 e. The summed E-state index contributed by atoms with van der Waals surface area (Å²) < 4.78 is -0.390. The predicted octanol–water partition coefficient (Wildman–Crippen LogP) is 2.56. The van der Waals surface area contributed by atoms with Crippen molar-refractivity contribution >= 4 is 40.6 Å². The third-order valence-corrected chi connectivity index (χ3v) is 2.44. The number of amides is 1. The molecule has 1 N–H and O–H groups in total. The van der Waals surface area contributed by atoms with Crippen molar-refractivity contribution in [2.45, 2.75) is 6.92 Å². The quantitative estimate of drug-likeness (QED) is 0.400. The smallest absolute Gasteiger partial charge is 0.269 e. The fourth-order valence-corrected chi connectivity index (χ4v) is 1.51. The van der Waals surface area contributed by atoms with Crippen molar-refractivity contribution in [2.24, 2.45) is 0 Å². The lowest BCUT2D eigenvalue weighted by Crippen LogP contribution is -2.25. The zero-order chi connectivity index (χ0) is 14.6. The number of carbonyl (C=O) groups is 2. The molecule has 0 aliphatic heterocycles. The van der Waals surface area contributed by atoms with Gasteiger partial charge in [0.05, 0.1) is 4.92 Å². The first kappa shape index (κ1) is 15.1. The number of nitro groups is 1. The van der Waals surface area contributed by atoms with E-state index in [1.807, 2.05) is 0 Å². The van der Waals surface area contributed by atoms with E-state index in [4.69, 9.17) is 23.2 Å². The van der Waals surface area contributed by atoms with Crippen molar-refractivity contribution in [2.75, 3.05) is 0 Å². The molecule has 0 aliphatic rings. The Bertz CT molecular complexity index is 563. The number of allylic oxidation sites excluding steroid dienone is 1. The molecular formula is C11H8Cl2N2O4. The van der Waals surface area contributed by atoms with Crippen LogP contribution in [0, 0.1) is 10.1 Å².